The van der Waals surface area contributed by atoms with Crippen LogP contribution in [0.2, 0.25) is 5.28 Å². The third kappa shape index (κ3) is 19.8. The lowest BCUT2D eigenvalue weighted by Crippen LogP contribution is -2.41. The smallest absolute Gasteiger partial charge is 0.422 e. The molecule has 9 aromatic heterocycles. The largest absolute Gasteiger partial charge is 0.508 e. The van der Waals surface area contributed by atoms with Gasteiger partial charge in [-0.05, 0) is 171 Å². The minimum absolute atomic E-state index is 0.00735. The van der Waals surface area contributed by atoms with E-state index < -0.39 is 86.1 Å². The van der Waals surface area contributed by atoms with E-state index >= 15 is 0 Å². The third-order valence-electron chi connectivity index (χ3n) is 14.9. The van der Waals surface area contributed by atoms with Crippen LogP contribution in [0.3, 0.4) is 0 Å². The molecule has 0 radical (unpaired) electrons. The van der Waals surface area contributed by atoms with Crippen LogP contribution in [-0.4, -0.2) is 118 Å². The zero-order valence-electron chi connectivity index (χ0n) is 54.0. The molecule has 99 heavy (non-hydrogen) atoms. The zero-order valence-corrected chi connectivity index (χ0v) is 56.3. The molecule has 530 valence electrons. The van der Waals surface area contributed by atoms with E-state index in [1.807, 2.05) is 83.1 Å². The van der Waals surface area contributed by atoms with Crippen molar-refractivity contribution >= 4 is 99.6 Å². The van der Waals surface area contributed by atoms with Gasteiger partial charge in [-0.2, -0.15) is 75.8 Å². The lowest BCUT2D eigenvalue weighted by molar-refractivity contribution is -0.142. The Morgan fingerprint density at radius 1 is 0.475 bits per heavy atom. The Morgan fingerprint density at radius 2 is 0.848 bits per heavy atom. The number of hydrogen-bond acceptors (Lipinski definition) is 19. The minimum Gasteiger partial charge on any atom is -0.422 e. The molecule has 4 N–H and O–H groups in total. The fourth-order valence-electron chi connectivity index (χ4n) is 8.49. The molecular formula is C58H59B3BrClF15N15O6. The molecule has 0 spiro atoms. The topological polar surface area (TPSA) is 253 Å². The Hall–Kier alpha value is -7.88. The average Bonchev–Trinajstić information content (AvgIpc) is 1.61. The SMILES string of the molecule is CC(C)n1cnc2c(Nc3ccnc(C(F)(F)F)c3)nc(-c3cccc(C(F)(F)F)n3)nc21.CC(C)n1cnc2c(Nc3ccnc(C(F)(F)F)c3)nc(Cl)nc21.CC1(C)OB(B2OC(C)(C)C(C)(C)O2)OC1(C)C.FC(F)(F)c1cccc(Br)n1.OB(O)c1cccc(C(F)(F)F)n1. The van der Waals surface area contributed by atoms with Gasteiger partial charge in [-0.1, -0.05) is 18.2 Å². The molecule has 0 bridgehead atoms. The van der Waals surface area contributed by atoms with E-state index in [9.17, 15) is 65.9 Å². The maximum Gasteiger partial charge on any atom is 0.508 e. The highest BCUT2D eigenvalue weighted by atomic mass is 79.9. The van der Waals surface area contributed by atoms with E-state index in [4.69, 9.17) is 40.3 Å². The fraction of sp³-hybridized carbons (Fsp3) is 0.397. The van der Waals surface area contributed by atoms with E-state index in [-0.39, 0.29) is 90.1 Å². The van der Waals surface area contributed by atoms with Crippen molar-refractivity contribution in [2.45, 2.75) is 148 Å². The van der Waals surface area contributed by atoms with Crippen molar-refractivity contribution in [3.05, 3.63) is 142 Å². The van der Waals surface area contributed by atoms with Gasteiger partial charge in [-0.15, -0.1) is 0 Å². The van der Waals surface area contributed by atoms with Crippen molar-refractivity contribution < 1.29 is 94.5 Å². The zero-order chi connectivity index (χ0) is 74.0. The van der Waals surface area contributed by atoms with Crippen LogP contribution in [0.25, 0.3) is 33.8 Å². The number of alkyl halides is 15. The minimum atomic E-state index is -4.67. The summed E-state index contributed by atoms with van der Waals surface area (Å²) >= 11 is 8.78. The van der Waals surface area contributed by atoms with Crippen LogP contribution in [0.15, 0.2) is 109 Å². The van der Waals surface area contributed by atoms with Crippen molar-refractivity contribution in [3.63, 3.8) is 0 Å². The number of nitrogens with one attached hydrogen (secondary N) is 2. The maximum atomic E-state index is 13.1. The van der Waals surface area contributed by atoms with Crippen LogP contribution >= 0.6 is 27.5 Å². The van der Waals surface area contributed by atoms with Gasteiger partial charge >= 0.3 is 52.0 Å². The molecule has 9 aromatic rings. The highest BCUT2D eigenvalue weighted by molar-refractivity contribution is 9.10. The van der Waals surface area contributed by atoms with Gasteiger partial charge in [0.2, 0.25) is 5.28 Å². The van der Waals surface area contributed by atoms with Crippen molar-refractivity contribution in [2.24, 2.45) is 0 Å². The average molecular weight is 1490 g/mol. The number of pyridine rings is 5. The molecule has 0 amide bonds. The predicted molar refractivity (Wildman–Crippen MR) is 338 cm³/mol. The number of fused-ring (bicyclic) bond motifs is 2. The van der Waals surface area contributed by atoms with Crippen LogP contribution in [0, 0.1) is 0 Å². The van der Waals surface area contributed by atoms with Crippen LogP contribution in [-0.2, 0) is 49.5 Å². The molecule has 11 heterocycles. The summed E-state index contributed by atoms with van der Waals surface area (Å²) < 4.78 is 216. The highest BCUT2D eigenvalue weighted by Crippen LogP contribution is 2.44. The van der Waals surface area contributed by atoms with Crippen LogP contribution in [0.5, 0.6) is 0 Å². The summed E-state index contributed by atoms with van der Waals surface area (Å²) in [6.45, 7) is 23.8. The maximum absolute atomic E-state index is 13.1. The molecule has 41 heteroatoms. The van der Waals surface area contributed by atoms with E-state index in [2.05, 4.69) is 81.4 Å². The lowest BCUT2D eigenvalue weighted by Gasteiger charge is -2.32. The van der Waals surface area contributed by atoms with E-state index in [0.29, 0.717) is 11.2 Å². The molecule has 2 saturated heterocycles. The first kappa shape index (κ1) is 78.5. The molecule has 2 aliphatic heterocycles. The van der Waals surface area contributed by atoms with Crippen molar-refractivity contribution in [2.75, 3.05) is 10.6 Å². The van der Waals surface area contributed by atoms with Crippen molar-refractivity contribution in [1.82, 2.24) is 64.0 Å². The molecule has 0 saturated carbocycles. The first-order valence-electron chi connectivity index (χ1n) is 29.1. The number of hydrogen-bond donors (Lipinski definition) is 4. The molecule has 2 fully saturated rings. The number of aromatic nitrogens is 13. The van der Waals surface area contributed by atoms with Gasteiger partial charge in [0.25, 0.3) is 0 Å². The summed E-state index contributed by atoms with van der Waals surface area (Å²) in [5, 5.41) is 22.6. The Balaban J connectivity index is 0.000000184. The van der Waals surface area contributed by atoms with Gasteiger partial charge < -0.3 is 48.4 Å². The standard InChI is InChI=1S/C20H15F6N7.C14H12ClF3N6.C12H24B2O4.C6H5BF3NO2.C6H3BrF3N/c1-10(2)33-9-28-15-17(29-11-6-7-27-14(8-11)20(24,25)26)31-16(32-18(15)33)12-4-3-5-13(30-12)19(21,22)23;1-7(2)24-6-20-10-11(22-13(15)23-12(10)24)21-8-3-4-19-9(5-8)14(16,17)18;1-9(2)10(3,4)16-13(15-9)14-17-11(5,6)12(7,8)18-14;8-6(9,10)4-2-1-3-5(11-4)7(12)13;7-5-3-1-2-4(11-5)6(8,9)10/h3-10H,1-2H3,(H,27,29,31,32);3-7H,1-2H3,(H,19,21,22,23);1-8H3;1-3,12-13H;1-3H. The third-order valence-corrected chi connectivity index (χ3v) is 15.5. The number of imidazole rings is 2. The van der Waals surface area contributed by atoms with E-state index in [1.165, 1.54) is 42.7 Å². The molecule has 0 aliphatic carbocycles. The number of halogens is 17. The number of rotatable bonds is 9. The number of anilines is 4. The summed E-state index contributed by atoms with van der Waals surface area (Å²) in [5.41, 5.74) is -5.68. The van der Waals surface area contributed by atoms with E-state index in [0.717, 1.165) is 54.9 Å². The van der Waals surface area contributed by atoms with Crippen LogP contribution in [0.1, 0.15) is 124 Å². The monoisotopic (exact) mass is 1490 g/mol. The second-order valence-corrected chi connectivity index (χ2v) is 25.1. The summed E-state index contributed by atoms with van der Waals surface area (Å²) in [6, 6.07) is 14.2. The predicted octanol–water partition coefficient (Wildman–Crippen LogP) is 14.8. The molecular weight excluding hydrogens is 1440 g/mol. The van der Waals surface area contributed by atoms with Crippen LogP contribution in [0.4, 0.5) is 88.9 Å². The molecule has 11 rings (SSSR count). The molecule has 0 aromatic carbocycles. The Kier molecular flexibility index (Phi) is 23.6. The van der Waals surface area contributed by atoms with Gasteiger partial charge in [0.1, 0.15) is 38.8 Å². The Bertz CT molecular complexity index is 4210. The highest BCUT2D eigenvalue weighted by Gasteiger charge is 2.64. The summed E-state index contributed by atoms with van der Waals surface area (Å²) in [7, 11) is -2.94. The number of nitrogens with zero attached hydrogens (tertiary/aromatic N) is 13. The van der Waals surface area contributed by atoms with Gasteiger partial charge in [-0.25, -0.2) is 29.9 Å². The van der Waals surface area contributed by atoms with Gasteiger partial charge in [0.15, 0.2) is 39.8 Å². The molecule has 21 nitrogen and oxygen atoms in total. The van der Waals surface area contributed by atoms with E-state index in [1.54, 1.807) is 15.5 Å². The first-order valence-corrected chi connectivity index (χ1v) is 30.3. The fourth-order valence-corrected chi connectivity index (χ4v) is 9.00. The summed E-state index contributed by atoms with van der Waals surface area (Å²) in [5.74, 6) is 0.0836. The van der Waals surface area contributed by atoms with Crippen LogP contribution < -0.4 is 16.2 Å². The molecule has 0 unspecified atom stereocenters. The molecule has 2 aliphatic rings. The molecule has 0 atom stereocenters. The van der Waals surface area contributed by atoms with Gasteiger partial charge in [-0.3, -0.25) is 15.0 Å². The summed E-state index contributed by atoms with van der Waals surface area (Å²) in [6.07, 6.45) is -17.7. The quantitative estimate of drug-likeness (QED) is 0.0453. The second-order valence-electron chi connectivity index (χ2n) is 24.0. The van der Waals surface area contributed by atoms with Crippen molar-refractivity contribution in [1.29, 1.82) is 0 Å². The lowest BCUT2D eigenvalue weighted by atomic mass is 9.49. The van der Waals surface area contributed by atoms with Crippen molar-refractivity contribution in [3.8, 4) is 11.5 Å². The normalized spacial score (nSPS) is 15.7. The Labute approximate surface area is 568 Å². The second kappa shape index (κ2) is 29.7. The van der Waals surface area contributed by atoms with Gasteiger partial charge in [0.05, 0.1) is 40.7 Å². The van der Waals surface area contributed by atoms with Gasteiger partial charge in [0, 0.05) is 35.9 Å². The first-order chi connectivity index (χ1) is 45.5. The summed E-state index contributed by atoms with van der Waals surface area (Å²) in [4.78, 5) is 41.7. The Morgan fingerprint density at radius 3 is 1.23 bits per heavy atom.